The quantitative estimate of drug-likeness (QED) is 0.113. The van der Waals surface area contributed by atoms with Crippen LogP contribution >= 0.6 is 24.4 Å². The molecule has 0 atom stereocenters. The second-order valence-electron chi connectivity index (χ2n) is 8.78. The average Bonchev–Trinajstić information content (AvgIpc) is 2.79. The molecule has 4 nitrogen and oxygen atoms in total. The zero-order chi connectivity index (χ0) is 23.5. The smallest absolute Gasteiger partial charge is 0.256 e. The molecule has 32 heavy (non-hydrogen) atoms. The highest BCUT2D eigenvalue weighted by molar-refractivity contribution is 7.80. The van der Waals surface area contributed by atoms with Crippen molar-refractivity contribution in [1.82, 2.24) is 10.6 Å². The van der Waals surface area contributed by atoms with Crippen molar-refractivity contribution in [2.24, 2.45) is 0 Å². The summed E-state index contributed by atoms with van der Waals surface area (Å²) in [6.07, 6.45) is 22.7. The van der Waals surface area contributed by atoms with Crippen LogP contribution in [0.15, 0.2) is 0 Å². The van der Waals surface area contributed by atoms with Gasteiger partial charge in [0.15, 0.2) is 0 Å². The minimum absolute atomic E-state index is 0.557. The highest BCUT2D eigenvalue weighted by Crippen LogP contribution is 2.08. The topological polar surface area (TPSA) is 42.5 Å². The van der Waals surface area contributed by atoms with Crippen molar-refractivity contribution in [1.29, 1.82) is 0 Å². The van der Waals surface area contributed by atoms with E-state index in [9.17, 15) is 0 Å². The number of hydrogen-bond acceptors (Lipinski definition) is 4. The van der Waals surface area contributed by atoms with E-state index >= 15 is 0 Å². The first-order valence-electron chi connectivity index (χ1n) is 13.5. The SMILES string of the molecule is CCCCCCCCCOC(=S)NCCCCCCNC(=S)OCCCCCCCCC. The van der Waals surface area contributed by atoms with Gasteiger partial charge in [0.2, 0.25) is 0 Å². The van der Waals surface area contributed by atoms with E-state index < -0.39 is 0 Å². The number of ether oxygens (including phenoxy) is 2. The third-order valence-corrected chi connectivity index (χ3v) is 6.13. The first-order valence-corrected chi connectivity index (χ1v) is 14.3. The van der Waals surface area contributed by atoms with Gasteiger partial charge < -0.3 is 20.1 Å². The summed E-state index contributed by atoms with van der Waals surface area (Å²) in [5.41, 5.74) is 0. The van der Waals surface area contributed by atoms with Crippen molar-refractivity contribution in [3.05, 3.63) is 0 Å². The van der Waals surface area contributed by atoms with Crippen LogP contribution in [0.5, 0.6) is 0 Å². The molecule has 0 spiro atoms. The van der Waals surface area contributed by atoms with Crippen molar-refractivity contribution in [3.63, 3.8) is 0 Å². The summed E-state index contributed by atoms with van der Waals surface area (Å²) in [6.45, 7) is 7.78. The Labute approximate surface area is 210 Å². The van der Waals surface area contributed by atoms with Gasteiger partial charge in [-0.25, -0.2) is 0 Å². The second kappa shape index (κ2) is 26.6. The Kier molecular flexibility index (Phi) is 26.1. The Morgan fingerprint density at radius 2 is 0.781 bits per heavy atom. The highest BCUT2D eigenvalue weighted by Gasteiger charge is 1.99. The van der Waals surface area contributed by atoms with E-state index in [1.807, 2.05) is 0 Å². The summed E-state index contributed by atoms with van der Waals surface area (Å²) in [5, 5.41) is 7.53. The molecule has 6 heteroatoms. The molecule has 0 heterocycles. The molecule has 0 saturated heterocycles. The molecule has 190 valence electrons. The Bertz CT molecular complexity index is 385. The lowest BCUT2D eigenvalue weighted by molar-refractivity contribution is 0.285. The van der Waals surface area contributed by atoms with Gasteiger partial charge in [0, 0.05) is 13.1 Å². The zero-order valence-electron chi connectivity index (χ0n) is 21.2. The molecule has 0 saturated carbocycles. The van der Waals surface area contributed by atoms with Gasteiger partial charge in [-0.05, 0) is 50.1 Å². The van der Waals surface area contributed by atoms with Crippen LogP contribution in [0.1, 0.15) is 129 Å². The van der Waals surface area contributed by atoms with E-state index in [1.54, 1.807) is 0 Å². The minimum atomic E-state index is 0.557. The van der Waals surface area contributed by atoms with E-state index in [-0.39, 0.29) is 0 Å². The Balaban J connectivity index is 3.25. The highest BCUT2D eigenvalue weighted by atomic mass is 32.1. The van der Waals surface area contributed by atoms with Gasteiger partial charge in [0.25, 0.3) is 10.3 Å². The molecule has 0 amide bonds. The van der Waals surface area contributed by atoms with Gasteiger partial charge in [0.1, 0.15) is 0 Å². The summed E-state index contributed by atoms with van der Waals surface area (Å²) in [4.78, 5) is 0. The lowest BCUT2D eigenvalue weighted by Crippen LogP contribution is -2.26. The molecule has 0 aliphatic carbocycles. The number of thiocarbonyl (C=S) groups is 2. The van der Waals surface area contributed by atoms with E-state index in [0.717, 1.165) is 52.0 Å². The maximum Gasteiger partial charge on any atom is 0.256 e. The first-order chi connectivity index (χ1) is 15.7. The fraction of sp³-hybridized carbons (Fsp3) is 0.923. The fourth-order valence-electron chi connectivity index (χ4n) is 3.53. The van der Waals surface area contributed by atoms with Crippen LogP contribution in [-0.4, -0.2) is 36.7 Å². The van der Waals surface area contributed by atoms with Gasteiger partial charge in [-0.1, -0.05) is 104 Å². The van der Waals surface area contributed by atoms with Crippen LogP contribution < -0.4 is 10.6 Å². The molecule has 0 fully saturated rings. The number of rotatable bonds is 23. The predicted octanol–water partition coefficient (Wildman–Crippen LogP) is 7.83. The lowest BCUT2D eigenvalue weighted by atomic mass is 10.1. The predicted molar refractivity (Wildman–Crippen MR) is 148 cm³/mol. The van der Waals surface area contributed by atoms with E-state index in [2.05, 4.69) is 24.5 Å². The molecular formula is C26H52N2O2S2. The van der Waals surface area contributed by atoms with Crippen LogP contribution in [0.2, 0.25) is 0 Å². The first kappa shape index (κ1) is 31.4. The largest absolute Gasteiger partial charge is 0.471 e. The van der Waals surface area contributed by atoms with Crippen molar-refractivity contribution in [2.45, 2.75) is 129 Å². The van der Waals surface area contributed by atoms with Gasteiger partial charge in [0.05, 0.1) is 13.2 Å². The molecule has 0 rings (SSSR count). The Morgan fingerprint density at radius 3 is 1.16 bits per heavy atom. The number of hydrogen-bond donors (Lipinski definition) is 2. The normalized spacial score (nSPS) is 10.7. The average molecular weight is 489 g/mol. The standard InChI is InChI=1S/C26H52N2O2S2/c1-3-5-7-9-11-15-19-23-29-25(31)27-21-17-13-14-18-22-28-26(32)30-24-20-16-12-10-8-6-4-2/h3-24H2,1-2H3,(H,27,31)(H,28,32). The Morgan fingerprint density at radius 1 is 0.469 bits per heavy atom. The summed E-state index contributed by atoms with van der Waals surface area (Å²) < 4.78 is 11.2. The second-order valence-corrected chi connectivity index (χ2v) is 9.52. The number of nitrogens with one attached hydrogen (secondary N) is 2. The van der Waals surface area contributed by atoms with Crippen LogP contribution in [0.4, 0.5) is 0 Å². The van der Waals surface area contributed by atoms with Crippen LogP contribution in [0.3, 0.4) is 0 Å². The van der Waals surface area contributed by atoms with Crippen LogP contribution in [-0.2, 0) is 9.47 Å². The van der Waals surface area contributed by atoms with Crippen molar-refractivity contribution in [2.75, 3.05) is 26.3 Å². The molecule has 0 radical (unpaired) electrons. The van der Waals surface area contributed by atoms with Crippen LogP contribution in [0, 0.1) is 0 Å². The van der Waals surface area contributed by atoms with Gasteiger partial charge in [-0.2, -0.15) is 0 Å². The molecule has 0 bridgehead atoms. The van der Waals surface area contributed by atoms with Gasteiger partial charge in [-0.3, -0.25) is 0 Å². The van der Waals surface area contributed by atoms with Crippen molar-refractivity contribution >= 4 is 34.8 Å². The molecule has 2 N–H and O–H groups in total. The molecule has 0 aromatic heterocycles. The maximum atomic E-state index is 5.59. The molecule has 0 aliphatic heterocycles. The zero-order valence-corrected chi connectivity index (χ0v) is 22.8. The third-order valence-electron chi connectivity index (χ3n) is 5.60. The molecule has 0 aromatic rings. The fourth-order valence-corrected chi connectivity index (χ4v) is 3.91. The molecule has 0 aromatic carbocycles. The minimum Gasteiger partial charge on any atom is -0.471 e. The Hall–Kier alpha value is -0.620. The monoisotopic (exact) mass is 488 g/mol. The van der Waals surface area contributed by atoms with E-state index in [4.69, 9.17) is 33.9 Å². The molecule has 0 aliphatic rings. The maximum absolute atomic E-state index is 5.59. The number of unbranched alkanes of at least 4 members (excludes halogenated alkanes) is 15. The third kappa shape index (κ3) is 25.6. The van der Waals surface area contributed by atoms with Crippen molar-refractivity contribution < 1.29 is 9.47 Å². The summed E-state index contributed by atoms with van der Waals surface area (Å²) in [6, 6.07) is 0. The summed E-state index contributed by atoms with van der Waals surface area (Å²) >= 11 is 10.5. The van der Waals surface area contributed by atoms with Gasteiger partial charge in [-0.15, -0.1) is 0 Å². The summed E-state index contributed by atoms with van der Waals surface area (Å²) in [5.74, 6) is 0. The van der Waals surface area contributed by atoms with Crippen molar-refractivity contribution in [3.8, 4) is 0 Å². The van der Waals surface area contributed by atoms with E-state index in [1.165, 1.54) is 89.9 Å². The molecule has 0 unspecified atom stereocenters. The van der Waals surface area contributed by atoms with E-state index in [0.29, 0.717) is 10.3 Å². The van der Waals surface area contributed by atoms with Crippen LogP contribution in [0.25, 0.3) is 0 Å². The molecular weight excluding hydrogens is 436 g/mol. The van der Waals surface area contributed by atoms with Gasteiger partial charge >= 0.3 is 0 Å². The lowest BCUT2D eigenvalue weighted by Gasteiger charge is -2.11. The summed E-state index contributed by atoms with van der Waals surface area (Å²) in [7, 11) is 0.